The van der Waals surface area contributed by atoms with Gasteiger partial charge >= 0.3 is 0 Å². The number of aliphatic hydroxyl groups is 1. The van der Waals surface area contributed by atoms with Crippen LogP contribution in [0.5, 0.6) is 0 Å². The van der Waals surface area contributed by atoms with E-state index in [1.807, 2.05) is 30.3 Å². The van der Waals surface area contributed by atoms with E-state index < -0.39 is 10.8 Å². The number of rotatable bonds is 3. The van der Waals surface area contributed by atoms with E-state index in [2.05, 4.69) is 6.58 Å². The lowest BCUT2D eigenvalue weighted by Crippen LogP contribution is -2.56. The average Bonchev–Trinajstić information content (AvgIpc) is 2.69. The van der Waals surface area contributed by atoms with Crippen LogP contribution in [-0.4, -0.2) is 57.8 Å². The van der Waals surface area contributed by atoms with Gasteiger partial charge in [0, 0.05) is 32.1 Å². The van der Waals surface area contributed by atoms with Crippen molar-refractivity contribution < 1.29 is 14.7 Å². The largest absolute Gasteiger partial charge is 0.508 e. The first-order valence-electron chi connectivity index (χ1n) is 8.50. The predicted octanol–water partition coefficient (Wildman–Crippen LogP) is 2.62. The first-order valence-corrected chi connectivity index (χ1v) is 8.88. The SMILES string of the molecule is C=CC(=O)N1CCN(C(=O)C2(Cl)C=CC(O)=CC2c2ccccc2)CC1. The monoisotopic (exact) mass is 372 g/mol. The fourth-order valence-electron chi connectivity index (χ4n) is 3.36. The van der Waals surface area contributed by atoms with Gasteiger partial charge in [-0.1, -0.05) is 36.9 Å². The van der Waals surface area contributed by atoms with Crippen molar-refractivity contribution in [3.8, 4) is 0 Å². The fraction of sp³-hybridized carbons (Fsp3) is 0.300. The summed E-state index contributed by atoms with van der Waals surface area (Å²) >= 11 is 6.82. The molecule has 6 heteroatoms. The Morgan fingerprint density at radius 3 is 2.38 bits per heavy atom. The molecule has 1 aliphatic heterocycles. The van der Waals surface area contributed by atoms with Crippen LogP contribution in [0.4, 0.5) is 0 Å². The van der Waals surface area contributed by atoms with Gasteiger partial charge in [-0.3, -0.25) is 9.59 Å². The van der Waals surface area contributed by atoms with Crippen LogP contribution in [0.3, 0.4) is 0 Å². The molecule has 0 aromatic heterocycles. The van der Waals surface area contributed by atoms with Gasteiger partial charge in [0.1, 0.15) is 5.76 Å². The molecule has 1 fully saturated rings. The second-order valence-electron chi connectivity index (χ2n) is 6.40. The Morgan fingerprint density at radius 1 is 1.15 bits per heavy atom. The molecule has 2 unspecified atom stereocenters. The van der Waals surface area contributed by atoms with Crippen LogP contribution in [-0.2, 0) is 9.59 Å². The zero-order valence-electron chi connectivity index (χ0n) is 14.3. The Labute approximate surface area is 157 Å². The highest BCUT2D eigenvalue weighted by molar-refractivity contribution is 6.37. The number of alkyl halides is 1. The molecule has 2 aliphatic rings. The smallest absolute Gasteiger partial charge is 0.248 e. The van der Waals surface area contributed by atoms with E-state index >= 15 is 0 Å². The van der Waals surface area contributed by atoms with Gasteiger partial charge in [0.2, 0.25) is 11.8 Å². The standard InChI is InChI=1S/C20H21ClN2O3/c1-2-18(25)22-10-12-23(13-11-22)19(26)20(21)9-8-16(24)14-17(20)15-6-4-3-5-7-15/h2-9,14,17,24H,1,10-13H2. The van der Waals surface area contributed by atoms with Crippen molar-refractivity contribution in [2.45, 2.75) is 10.8 Å². The lowest BCUT2D eigenvalue weighted by atomic mass is 9.80. The number of amides is 2. The van der Waals surface area contributed by atoms with Gasteiger partial charge in [-0.15, -0.1) is 11.6 Å². The molecular weight excluding hydrogens is 352 g/mol. The molecule has 5 nitrogen and oxygen atoms in total. The maximum Gasteiger partial charge on any atom is 0.248 e. The number of hydrogen-bond donors (Lipinski definition) is 1. The number of carbonyl (C=O) groups is 2. The molecule has 26 heavy (non-hydrogen) atoms. The highest BCUT2D eigenvalue weighted by atomic mass is 35.5. The third-order valence-electron chi connectivity index (χ3n) is 4.83. The van der Waals surface area contributed by atoms with E-state index in [9.17, 15) is 14.7 Å². The Kier molecular flexibility index (Phi) is 5.18. The number of benzene rings is 1. The van der Waals surface area contributed by atoms with E-state index in [1.54, 1.807) is 22.0 Å². The second kappa shape index (κ2) is 7.38. The minimum atomic E-state index is -1.31. The summed E-state index contributed by atoms with van der Waals surface area (Å²) in [6.07, 6.45) is 5.91. The van der Waals surface area contributed by atoms with Gasteiger partial charge in [-0.25, -0.2) is 0 Å². The highest BCUT2D eigenvalue weighted by Gasteiger charge is 2.46. The molecule has 1 N–H and O–H groups in total. The average molecular weight is 373 g/mol. The summed E-state index contributed by atoms with van der Waals surface area (Å²) in [4.78, 5) is 27.0. The first kappa shape index (κ1) is 18.3. The summed E-state index contributed by atoms with van der Waals surface area (Å²) in [6.45, 7) is 5.22. The fourth-order valence-corrected chi connectivity index (χ4v) is 3.73. The van der Waals surface area contributed by atoms with Gasteiger partial charge in [-0.05, 0) is 29.9 Å². The molecule has 1 aromatic rings. The topological polar surface area (TPSA) is 60.9 Å². The van der Waals surface area contributed by atoms with Crippen molar-refractivity contribution in [2.75, 3.05) is 26.2 Å². The number of carbonyl (C=O) groups excluding carboxylic acids is 2. The third-order valence-corrected chi connectivity index (χ3v) is 5.35. The van der Waals surface area contributed by atoms with E-state index in [0.717, 1.165) is 5.56 Å². The van der Waals surface area contributed by atoms with E-state index in [0.29, 0.717) is 26.2 Å². The summed E-state index contributed by atoms with van der Waals surface area (Å²) in [5.41, 5.74) is 0.854. The summed E-state index contributed by atoms with van der Waals surface area (Å²) in [5, 5.41) is 9.93. The van der Waals surface area contributed by atoms with Crippen molar-refractivity contribution in [3.05, 3.63) is 72.5 Å². The lowest BCUT2D eigenvalue weighted by Gasteiger charge is -2.40. The van der Waals surface area contributed by atoms with Gasteiger partial charge in [0.15, 0.2) is 4.87 Å². The van der Waals surface area contributed by atoms with Crippen molar-refractivity contribution in [2.24, 2.45) is 0 Å². The lowest BCUT2D eigenvalue weighted by molar-refractivity contribution is -0.138. The number of aliphatic hydroxyl groups excluding tert-OH is 1. The number of nitrogens with zero attached hydrogens (tertiary/aromatic N) is 2. The van der Waals surface area contributed by atoms with E-state index in [4.69, 9.17) is 11.6 Å². The zero-order chi connectivity index (χ0) is 18.7. The van der Waals surface area contributed by atoms with Crippen LogP contribution in [0, 0.1) is 0 Å². The van der Waals surface area contributed by atoms with E-state index in [-0.39, 0.29) is 17.6 Å². The normalized spacial score (nSPS) is 25.6. The zero-order valence-corrected chi connectivity index (χ0v) is 15.1. The molecule has 3 rings (SSSR count). The van der Waals surface area contributed by atoms with Crippen LogP contribution in [0.1, 0.15) is 11.5 Å². The summed E-state index contributed by atoms with van der Waals surface area (Å²) in [7, 11) is 0. The van der Waals surface area contributed by atoms with Gasteiger partial charge < -0.3 is 14.9 Å². The van der Waals surface area contributed by atoms with Crippen LogP contribution < -0.4 is 0 Å². The maximum atomic E-state index is 13.2. The third kappa shape index (κ3) is 3.40. The van der Waals surface area contributed by atoms with Crippen molar-refractivity contribution in [1.82, 2.24) is 9.80 Å². The van der Waals surface area contributed by atoms with Crippen LogP contribution >= 0.6 is 11.6 Å². The molecule has 1 aliphatic carbocycles. The van der Waals surface area contributed by atoms with E-state index in [1.165, 1.54) is 12.2 Å². The highest BCUT2D eigenvalue weighted by Crippen LogP contribution is 2.41. The molecule has 0 saturated carbocycles. The molecule has 0 bridgehead atoms. The molecule has 0 radical (unpaired) electrons. The maximum absolute atomic E-state index is 13.2. The number of allylic oxidation sites excluding steroid dienone is 2. The Morgan fingerprint density at radius 2 is 1.77 bits per heavy atom. The molecule has 136 valence electrons. The minimum absolute atomic E-state index is 0.0873. The van der Waals surface area contributed by atoms with Crippen molar-refractivity contribution >= 4 is 23.4 Å². The summed E-state index contributed by atoms with van der Waals surface area (Å²) in [5.74, 6) is -0.746. The summed E-state index contributed by atoms with van der Waals surface area (Å²) < 4.78 is 0. The number of piperazine rings is 1. The van der Waals surface area contributed by atoms with Gasteiger partial charge in [0.25, 0.3) is 0 Å². The Bertz CT molecular complexity index is 767. The molecule has 2 amide bonds. The van der Waals surface area contributed by atoms with Crippen LogP contribution in [0.2, 0.25) is 0 Å². The van der Waals surface area contributed by atoms with Gasteiger partial charge in [0.05, 0.1) is 0 Å². The van der Waals surface area contributed by atoms with Crippen LogP contribution in [0.15, 0.2) is 67.0 Å². The molecule has 0 spiro atoms. The Balaban J connectivity index is 1.82. The predicted molar refractivity (Wildman–Crippen MR) is 101 cm³/mol. The van der Waals surface area contributed by atoms with Gasteiger partial charge in [-0.2, -0.15) is 0 Å². The summed E-state index contributed by atoms with van der Waals surface area (Å²) in [6, 6.07) is 9.41. The minimum Gasteiger partial charge on any atom is -0.508 e. The van der Waals surface area contributed by atoms with Crippen molar-refractivity contribution in [1.29, 1.82) is 0 Å². The Hall–Kier alpha value is -2.53. The molecule has 2 atom stereocenters. The van der Waals surface area contributed by atoms with Crippen molar-refractivity contribution in [3.63, 3.8) is 0 Å². The molecule has 1 heterocycles. The molecular formula is C20H21ClN2O3. The quantitative estimate of drug-likeness (QED) is 0.655. The second-order valence-corrected chi connectivity index (χ2v) is 7.03. The molecule has 1 aromatic carbocycles. The van der Waals surface area contributed by atoms with Crippen LogP contribution in [0.25, 0.3) is 0 Å². The first-order chi connectivity index (χ1) is 12.5. The molecule has 1 saturated heterocycles. The number of halogens is 1. The number of hydrogen-bond acceptors (Lipinski definition) is 3.